The van der Waals surface area contributed by atoms with Crippen molar-refractivity contribution in [3.05, 3.63) is 30.6 Å². The van der Waals surface area contributed by atoms with Gasteiger partial charge < -0.3 is 0 Å². The predicted molar refractivity (Wildman–Crippen MR) is 48.3 cm³/mol. The average molecular weight is 244 g/mol. The van der Waals surface area contributed by atoms with Crippen LogP contribution in [0.25, 0.3) is 11.4 Å². The van der Waals surface area contributed by atoms with Gasteiger partial charge in [-0.2, -0.15) is 0 Å². The fraction of sp³-hybridized carbons (Fsp3) is 0. The van der Waals surface area contributed by atoms with E-state index in [0.29, 0.717) is 0 Å². The first-order valence-corrected chi connectivity index (χ1v) is 3.92. The summed E-state index contributed by atoms with van der Waals surface area (Å²) in [7, 11) is 0. The number of hydrogen-bond acceptors (Lipinski definition) is 1. The molecule has 0 aromatic carbocycles. The number of fused-ring (bicyclic) bond motifs is 1. The molecule has 0 unspecified atom stereocenters. The lowest BCUT2D eigenvalue weighted by Gasteiger charge is -2.00. The second-order valence-corrected chi connectivity index (χ2v) is 3.08. The maximum atomic E-state index is 4.17. The quantitative estimate of drug-likeness (QED) is 0.649. The molecule has 0 fully saturated rings. The monoisotopic (exact) mass is 244 g/mol. The molecule has 2 aliphatic heterocycles. The molecule has 0 aromatic heterocycles. The van der Waals surface area contributed by atoms with E-state index in [1.54, 1.807) is 0 Å². The fourth-order valence-corrected chi connectivity index (χ4v) is 1.53. The van der Waals surface area contributed by atoms with Crippen LogP contribution in [0.15, 0.2) is 30.6 Å². The summed E-state index contributed by atoms with van der Waals surface area (Å²) in [5, 5.41) is 0. The fourth-order valence-electron chi connectivity index (χ4n) is 0.939. The summed E-state index contributed by atoms with van der Waals surface area (Å²) in [6.45, 7) is 0. The molecule has 2 aliphatic rings. The summed E-state index contributed by atoms with van der Waals surface area (Å²) in [6.07, 6.45) is 3.80. The summed E-state index contributed by atoms with van der Waals surface area (Å²) in [4.78, 5) is 4.17. The van der Waals surface area contributed by atoms with Crippen LogP contribution in [0.2, 0.25) is 0 Å². The lowest BCUT2D eigenvalue weighted by Crippen LogP contribution is -1.87. The smallest absolute Gasteiger partial charge is 0.148 e. The van der Waals surface area contributed by atoms with Crippen molar-refractivity contribution >= 4 is 22.9 Å². The van der Waals surface area contributed by atoms with Crippen LogP contribution in [-0.4, -0.2) is 7.76 Å². The SMILES string of the molecule is In1cccc2ccnc1-2. The molecule has 2 nitrogen and oxygen atoms in total. The van der Waals surface area contributed by atoms with Gasteiger partial charge in [0.05, 0.1) is 22.9 Å². The van der Waals surface area contributed by atoms with Crippen LogP contribution >= 0.6 is 22.9 Å². The second kappa shape index (κ2) is 2.23. The Labute approximate surface area is 72.7 Å². The highest BCUT2D eigenvalue weighted by Crippen LogP contribution is 2.20. The molecule has 0 N–H and O–H groups in total. The van der Waals surface area contributed by atoms with Gasteiger partial charge in [-0.05, 0) is 18.2 Å². The molecule has 0 aliphatic carbocycles. The predicted octanol–water partition coefficient (Wildman–Crippen LogP) is 2.19. The van der Waals surface area contributed by atoms with E-state index < -0.39 is 0 Å². The largest absolute Gasteiger partial charge is 0.274 e. The number of hydrogen-bond donors (Lipinski definition) is 0. The van der Waals surface area contributed by atoms with Crippen LogP contribution in [0.1, 0.15) is 0 Å². The Morgan fingerprint density at radius 2 is 2.30 bits per heavy atom. The van der Waals surface area contributed by atoms with Gasteiger partial charge in [0.1, 0.15) is 5.82 Å². The van der Waals surface area contributed by atoms with Gasteiger partial charge in [0.15, 0.2) is 0 Å². The zero-order valence-corrected chi connectivity index (χ0v) is 7.32. The summed E-state index contributed by atoms with van der Waals surface area (Å²) < 4.78 is 1.98. The van der Waals surface area contributed by atoms with Crippen molar-refractivity contribution in [2.75, 3.05) is 0 Å². The van der Waals surface area contributed by atoms with E-state index in [-0.39, 0.29) is 0 Å². The highest BCUT2D eigenvalue weighted by molar-refractivity contribution is 14.1. The van der Waals surface area contributed by atoms with Crippen molar-refractivity contribution in [2.45, 2.75) is 0 Å². The third kappa shape index (κ3) is 0.811. The Hall–Kier alpha value is -0.580. The Bertz CT molecular complexity index is 315. The van der Waals surface area contributed by atoms with E-state index in [1.165, 1.54) is 5.56 Å². The van der Waals surface area contributed by atoms with Crippen molar-refractivity contribution in [2.24, 2.45) is 0 Å². The molecular formula is C7H5IN2. The molecule has 50 valence electrons. The lowest BCUT2D eigenvalue weighted by atomic mass is 10.3. The highest BCUT2D eigenvalue weighted by atomic mass is 127. The maximum absolute atomic E-state index is 4.17. The molecule has 0 radical (unpaired) electrons. The van der Waals surface area contributed by atoms with Gasteiger partial charge >= 0.3 is 0 Å². The van der Waals surface area contributed by atoms with Crippen molar-refractivity contribution < 1.29 is 0 Å². The molecule has 3 heteroatoms. The van der Waals surface area contributed by atoms with Crippen LogP contribution < -0.4 is 0 Å². The Morgan fingerprint density at radius 1 is 1.40 bits per heavy atom. The van der Waals surface area contributed by atoms with E-state index in [1.807, 2.05) is 27.3 Å². The van der Waals surface area contributed by atoms with Crippen molar-refractivity contribution in [3.8, 4) is 11.4 Å². The normalized spacial score (nSPS) is 10.5. The van der Waals surface area contributed by atoms with Crippen LogP contribution in [0.4, 0.5) is 0 Å². The Morgan fingerprint density at radius 3 is 3.10 bits per heavy atom. The summed E-state index contributed by atoms with van der Waals surface area (Å²) in [6, 6.07) is 6.07. The van der Waals surface area contributed by atoms with E-state index in [9.17, 15) is 0 Å². The number of rotatable bonds is 0. The zero-order valence-electron chi connectivity index (χ0n) is 5.16. The molecule has 0 bridgehead atoms. The van der Waals surface area contributed by atoms with E-state index >= 15 is 0 Å². The van der Waals surface area contributed by atoms with Gasteiger partial charge in [-0.1, -0.05) is 0 Å². The topological polar surface area (TPSA) is 17.8 Å². The van der Waals surface area contributed by atoms with Gasteiger partial charge in [-0.15, -0.1) is 0 Å². The van der Waals surface area contributed by atoms with E-state index in [2.05, 4.69) is 33.9 Å². The molecule has 0 saturated carbocycles. The Kier molecular flexibility index (Phi) is 1.37. The molecule has 2 rings (SSSR count). The second-order valence-electron chi connectivity index (χ2n) is 2.04. The van der Waals surface area contributed by atoms with Gasteiger partial charge in [0, 0.05) is 18.0 Å². The van der Waals surface area contributed by atoms with Gasteiger partial charge in [0.25, 0.3) is 0 Å². The molecule has 0 saturated heterocycles. The zero-order chi connectivity index (χ0) is 6.97. The van der Waals surface area contributed by atoms with Gasteiger partial charge in [0.2, 0.25) is 0 Å². The van der Waals surface area contributed by atoms with Crippen LogP contribution in [0.3, 0.4) is 0 Å². The van der Waals surface area contributed by atoms with Crippen LogP contribution in [-0.2, 0) is 0 Å². The molecular weight excluding hydrogens is 239 g/mol. The number of pyridine rings is 1. The third-order valence-electron chi connectivity index (χ3n) is 1.40. The Balaban J connectivity index is 2.80. The van der Waals surface area contributed by atoms with Crippen molar-refractivity contribution in [3.63, 3.8) is 0 Å². The first-order valence-electron chi connectivity index (χ1n) is 2.96. The number of aromatic nitrogens is 2. The highest BCUT2D eigenvalue weighted by Gasteiger charge is 2.03. The van der Waals surface area contributed by atoms with Gasteiger partial charge in [-0.3, -0.25) is 2.78 Å². The summed E-state index contributed by atoms with van der Waals surface area (Å²) >= 11 is 2.21. The number of nitrogens with zero attached hydrogens (tertiary/aromatic N) is 2. The van der Waals surface area contributed by atoms with E-state index in [0.717, 1.165) is 5.82 Å². The third-order valence-corrected chi connectivity index (χ3v) is 2.18. The standard InChI is InChI=1S/C7H5IN2/c8-10-5-1-2-6-3-4-9-7(6)10/h1-5H. The van der Waals surface area contributed by atoms with Crippen molar-refractivity contribution in [1.29, 1.82) is 0 Å². The molecule has 0 aromatic rings. The van der Waals surface area contributed by atoms with E-state index in [4.69, 9.17) is 0 Å². The molecule has 0 spiro atoms. The molecule has 10 heavy (non-hydrogen) atoms. The summed E-state index contributed by atoms with van der Waals surface area (Å²) in [5.74, 6) is 1.03. The average Bonchev–Trinajstić information content (AvgIpc) is 2.36. The maximum Gasteiger partial charge on any atom is 0.148 e. The molecule has 0 amide bonds. The lowest BCUT2D eigenvalue weighted by molar-refractivity contribution is 1.20. The van der Waals surface area contributed by atoms with Crippen molar-refractivity contribution in [1.82, 2.24) is 7.76 Å². The number of halogens is 1. The first-order chi connectivity index (χ1) is 4.88. The van der Waals surface area contributed by atoms with Crippen LogP contribution in [0, 0.1) is 0 Å². The first kappa shape index (κ1) is 6.15. The van der Waals surface area contributed by atoms with Gasteiger partial charge in [-0.25, -0.2) is 4.98 Å². The minimum atomic E-state index is 1.03. The molecule has 2 heterocycles. The van der Waals surface area contributed by atoms with Crippen LogP contribution in [0.5, 0.6) is 0 Å². The minimum absolute atomic E-state index is 1.03. The molecule has 0 atom stereocenters. The minimum Gasteiger partial charge on any atom is -0.274 e. The summed E-state index contributed by atoms with van der Waals surface area (Å²) in [5.41, 5.74) is 1.19.